The van der Waals surface area contributed by atoms with Crippen LogP contribution in [0.5, 0.6) is 0 Å². The van der Waals surface area contributed by atoms with Gasteiger partial charge in [-0.15, -0.1) is 0 Å². The minimum absolute atomic E-state index is 0.0245. The molecule has 8 heteroatoms. The molecule has 1 heterocycles. The van der Waals surface area contributed by atoms with Crippen LogP contribution in [0.25, 0.3) is 11.1 Å². The van der Waals surface area contributed by atoms with E-state index in [1.54, 1.807) is 14.0 Å². The zero-order valence-electron chi connectivity index (χ0n) is 19.9. The number of ether oxygens (including phenoxy) is 2. The van der Waals surface area contributed by atoms with Gasteiger partial charge in [0, 0.05) is 13.0 Å². The number of likely N-dealkylation sites (N-methyl/N-ethyl adjacent to an activating group) is 1. The number of rotatable bonds is 7. The maximum Gasteiger partial charge on any atom is 0.408 e. The highest BCUT2D eigenvalue weighted by Gasteiger charge is 2.52. The van der Waals surface area contributed by atoms with E-state index in [2.05, 4.69) is 29.6 Å². The molecule has 3 atom stereocenters. The summed E-state index contributed by atoms with van der Waals surface area (Å²) < 4.78 is 11.0. The zero-order valence-corrected chi connectivity index (χ0v) is 19.9. The smallest absolute Gasteiger partial charge is 0.408 e. The van der Waals surface area contributed by atoms with Crippen molar-refractivity contribution in [3.05, 3.63) is 59.7 Å². The Morgan fingerprint density at radius 3 is 2.23 bits per heavy atom. The van der Waals surface area contributed by atoms with Gasteiger partial charge in [0.15, 0.2) is 0 Å². The zero-order chi connectivity index (χ0) is 24.7. The molecule has 0 bridgehead atoms. The number of carbonyl (C=O) groups excluding carboxylic acids is 2. The number of alkyl carbamates (subject to hydrolysis) is 1. The summed E-state index contributed by atoms with van der Waals surface area (Å²) in [4.78, 5) is 39.5. The van der Waals surface area contributed by atoms with E-state index in [0.717, 1.165) is 35.1 Å². The van der Waals surface area contributed by atoms with Crippen LogP contribution in [-0.2, 0) is 19.1 Å². The average Bonchev–Trinajstić information content (AvgIpc) is 3.52. The molecule has 35 heavy (non-hydrogen) atoms. The van der Waals surface area contributed by atoms with Crippen molar-refractivity contribution in [1.29, 1.82) is 0 Å². The summed E-state index contributed by atoms with van der Waals surface area (Å²) in [6.07, 6.45) is 0.965. The van der Waals surface area contributed by atoms with Gasteiger partial charge in [-0.25, -0.2) is 4.79 Å². The fourth-order valence-electron chi connectivity index (χ4n) is 5.51. The minimum atomic E-state index is -1.18. The SMILES string of the molecule is CN(C(=O)C(C)(NC(=O)OCC1c2ccccc2-c2ccccc21)C1CC1)C1COCC1C(=O)O. The van der Waals surface area contributed by atoms with Gasteiger partial charge < -0.3 is 24.8 Å². The van der Waals surface area contributed by atoms with Crippen LogP contribution in [0, 0.1) is 11.8 Å². The van der Waals surface area contributed by atoms with Gasteiger partial charge in [-0.1, -0.05) is 48.5 Å². The molecule has 1 saturated carbocycles. The largest absolute Gasteiger partial charge is 0.481 e. The van der Waals surface area contributed by atoms with Crippen molar-refractivity contribution in [3.63, 3.8) is 0 Å². The van der Waals surface area contributed by atoms with Crippen LogP contribution < -0.4 is 5.32 Å². The minimum Gasteiger partial charge on any atom is -0.481 e. The number of nitrogens with zero attached hydrogens (tertiary/aromatic N) is 1. The van der Waals surface area contributed by atoms with Gasteiger partial charge in [-0.2, -0.15) is 0 Å². The second-order valence-electron chi connectivity index (χ2n) is 9.89. The number of amides is 2. The Balaban J connectivity index is 1.29. The first kappa shape index (κ1) is 23.4. The summed E-state index contributed by atoms with van der Waals surface area (Å²) in [5.74, 6) is -2.21. The van der Waals surface area contributed by atoms with Gasteiger partial charge in [-0.05, 0) is 47.9 Å². The molecule has 2 N–H and O–H groups in total. The molecule has 2 aliphatic carbocycles. The summed E-state index contributed by atoms with van der Waals surface area (Å²) in [5.41, 5.74) is 3.33. The van der Waals surface area contributed by atoms with Crippen molar-refractivity contribution in [2.75, 3.05) is 26.9 Å². The molecule has 3 unspecified atom stereocenters. The highest BCUT2D eigenvalue weighted by atomic mass is 16.5. The number of nitrogens with one attached hydrogen (secondary N) is 1. The number of hydrogen-bond donors (Lipinski definition) is 2. The van der Waals surface area contributed by atoms with E-state index < -0.39 is 29.6 Å². The number of carboxylic acids is 1. The van der Waals surface area contributed by atoms with Gasteiger partial charge >= 0.3 is 12.1 Å². The quantitative estimate of drug-likeness (QED) is 0.633. The van der Waals surface area contributed by atoms with Crippen LogP contribution in [0.4, 0.5) is 4.79 Å². The third-order valence-electron chi connectivity index (χ3n) is 7.73. The van der Waals surface area contributed by atoms with Crippen molar-refractivity contribution in [3.8, 4) is 11.1 Å². The monoisotopic (exact) mass is 478 g/mol. The number of aliphatic carboxylic acids is 1. The van der Waals surface area contributed by atoms with E-state index in [1.807, 2.05) is 24.3 Å². The van der Waals surface area contributed by atoms with Crippen molar-refractivity contribution >= 4 is 18.0 Å². The number of carboxylic acid groups (broad SMARTS) is 1. The van der Waals surface area contributed by atoms with Crippen molar-refractivity contribution in [2.45, 2.75) is 37.3 Å². The molecule has 3 aliphatic rings. The summed E-state index contributed by atoms with van der Waals surface area (Å²) in [6, 6.07) is 15.6. The van der Waals surface area contributed by atoms with Crippen molar-refractivity contribution < 1.29 is 29.0 Å². The van der Waals surface area contributed by atoms with E-state index in [9.17, 15) is 19.5 Å². The van der Waals surface area contributed by atoms with Crippen LogP contribution in [0.15, 0.2) is 48.5 Å². The molecule has 0 aromatic heterocycles. The molecule has 2 amide bonds. The number of carbonyl (C=O) groups is 3. The van der Waals surface area contributed by atoms with Gasteiger partial charge in [0.25, 0.3) is 0 Å². The first-order chi connectivity index (χ1) is 16.8. The molecule has 0 radical (unpaired) electrons. The first-order valence-electron chi connectivity index (χ1n) is 12.0. The Hall–Kier alpha value is -3.39. The topological polar surface area (TPSA) is 105 Å². The summed E-state index contributed by atoms with van der Waals surface area (Å²) in [7, 11) is 1.58. The van der Waals surface area contributed by atoms with E-state index in [4.69, 9.17) is 9.47 Å². The molecule has 2 fully saturated rings. The van der Waals surface area contributed by atoms with E-state index in [1.165, 1.54) is 4.90 Å². The maximum absolute atomic E-state index is 13.5. The molecule has 1 saturated heterocycles. The normalized spacial score (nSPS) is 22.6. The fraction of sp³-hybridized carbons (Fsp3) is 0.444. The predicted molar refractivity (Wildman–Crippen MR) is 128 cm³/mol. The lowest BCUT2D eigenvalue weighted by Crippen LogP contribution is -2.61. The molecule has 0 spiro atoms. The number of fused-ring (bicyclic) bond motifs is 3. The average molecular weight is 479 g/mol. The Morgan fingerprint density at radius 1 is 1.06 bits per heavy atom. The van der Waals surface area contributed by atoms with Crippen molar-refractivity contribution in [2.24, 2.45) is 11.8 Å². The lowest BCUT2D eigenvalue weighted by molar-refractivity contribution is -0.146. The molecule has 5 rings (SSSR count). The second kappa shape index (κ2) is 9.00. The molecule has 2 aromatic rings. The Bertz CT molecular complexity index is 1120. The molecular weight excluding hydrogens is 448 g/mol. The Morgan fingerprint density at radius 2 is 1.66 bits per heavy atom. The molecule has 8 nitrogen and oxygen atoms in total. The fourth-order valence-corrected chi connectivity index (χ4v) is 5.51. The van der Waals surface area contributed by atoms with Gasteiger partial charge in [0.1, 0.15) is 18.1 Å². The number of hydrogen-bond acceptors (Lipinski definition) is 5. The van der Waals surface area contributed by atoms with E-state index in [0.29, 0.717) is 0 Å². The van der Waals surface area contributed by atoms with Crippen molar-refractivity contribution in [1.82, 2.24) is 10.2 Å². The van der Waals surface area contributed by atoms with E-state index >= 15 is 0 Å². The summed E-state index contributed by atoms with van der Waals surface area (Å²) in [6.45, 7) is 2.08. The highest BCUT2D eigenvalue weighted by molar-refractivity contribution is 5.91. The molecular formula is C27H30N2O6. The second-order valence-corrected chi connectivity index (χ2v) is 9.89. The standard InChI is InChI=1S/C27H30N2O6/c1-27(16-11-12-16,25(32)29(2)23-15-34-13-22(23)24(30)31)28-26(33)35-14-21-19-9-5-3-7-17(19)18-8-4-6-10-20(18)21/h3-10,16,21-23H,11-15H2,1-2H3,(H,28,33)(H,30,31). The number of benzene rings is 2. The Labute approximate surface area is 204 Å². The van der Waals surface area contributed by atoms with Crippen LogP contribution in [-0.4, -0.2) is 66.4 Å². The third-order valence-corrected chi connectivity index (χ3v) is 7.73. The lowest BCUT2D eigenvalue weighted by Gasteiger charge is -2.36. The van der Waals surface area contributed by atoms with Crippen LogP contribution >= 0.6 is 0 Å². The van der Waals surface area contributed by atoms with E-state index in [-0.39, 0.29) is 37.6 Å². The molecule has 2 aromatic carbocycles. The van der Waals surface area contributed by atoms with Crippen LogP contribution in [0.3, 0.4) is 0 Å². The molecule has 184 valence electrons. The van der Waals surface area contributed by atoms with Crippen LogP contribution in [0.2, 0.25) is 0 Å². The maximum atomic E-state index is 13.5. The summed E-state index contributed by atoms with van der Waals surface area (Å²) >= 11 is 0. The summed E-state index contributed by atoms with van der Waals surface area (Å²) in [5, 5.41) is 12.3. The first-order valence-corrected chi connectivity index (χ1v) is 12.0. The molecule has 1 aliphatic heterocycles. The lowest BCUT2D eigenvalue weighted by atomic mass is 9.92. The van der Waals surface area contributed by atoms with Crippen LogP contribution in [0.1, 0.15) is 36.8 Å². The van der Waals surface area contributed by atoms with Gasteiger partial charge in [0.05, 0.1) is 19.3 Å². The van der Waals surface area contributed by atoms with Gasteiger partial charge in [0.2, 0.25) is 5.91 Å². The highest BCUT2D eigenvalue weighted by Crippen LogP contribution is 2.45. The predicted octanol–water partition coefficient (Wildman–Crippen LogP) is 3.25. The van der Waals surface area contributed by atoms with Gasteiger partial charge in [-0.3, -0.25) is 9.59 Å². The third kappa shape index (κ3) is 4.16. The Kier molecular flexibility index (Phi) is 6.01.